The highest BCUT2D eigenvalue weighted by atomic mass is 16.6. The zero-order valence-electron chi connectivity index (χ0n) is 23.0. The van der Waals surface area contributed by atoms with Crippen LogP contribution >= 0.6 is 0 Å². The van der Waals surface area contributed by atoms with E-state index in [-0.39, 0.29) is 41.7 Å². The molecule has 39 heavy (non-hydrogen) atoms. The number of fused-ring (bicyclic) bond motifs is 8. The van der Waals surface area contributed by atoms with Crippen molar-refractivity contribution in [2.75, 3.05) is 20.8 Å². The minimum absolute atomic E-state index is 0.00163. The predicted molar refractivity (Wildman–Crippen MR) is 146 cm³/mol. The molecule has 0 bridgehead atoms. The van der Waals surface area contributed by atoms with E-state index in [0.29, 0.717) is 12.2 Å². The SMILES string of the molecule is C=C1C(=O)OC2C1CCC(C)=CCCC1(C)OC21.COc1ccc2c(c1)OC1c3ccc(OC)cc3OCC21. The molecule has 2 fully saturated rings. The highest BCUT2D eigenvalue weighted by molar-refractivity contribution is 5.91. The predicted octanol–water partition coefficient (Wildman–Crippen LogP) is 6.08. The molecule has 6 unspecified atom stereocenters. The number of carbonyl (C=O) groups is 1. The Kier molecular flexibility index (Phi) is 6.58. The first-order valence-corrected chi connectivity index (χ1v) is 13.7. The van der Waals surface area contributed by atoms with Crippen molar-refractivity contribution in [1.29, 1.82) is 0 Å². The summed E-state index contributed by atoms with van der Waals surface area (Å²) in [6, 6.07) is 11.9. The summed E-state index contributed by atoms with van der Waals surface area (Å²) in [6.45, 7) is 8.79. The van der Waals surface area contributed by atoms with Crippen LogP contribution in [0.2, 0.25) is 0 Å². The van der Waals surface area contributed by atoms with E-state index >= 15 is 0 Å². The number of benzene rings is 2. The highest BCUT2D eigenvalue weighted by Crippen LogP contribution is 2.52. The average Bonchev–Trinajstić information content (AvgIpc) is 3.33. The Morgan fingerprint density at radius 3 is 2.44 bits per heavy atom. The minimum atomic E-state index is -0.233. The third-order valence-corrected chi connectivity index (χ3v) is 8.76. The van der Waals surface area contributed by atoms with Gasteiger partial charge in [-0.2, -0.15) is 0 Å². The standard InChI is InChI=1S/C17H16O4.C15H20O3/c1-18-10-4-6-13-15(7-10)20-9-14-12-5-3-11(19-2)8-16(12)21-17(13)14;1-9-5-4-8-15(3)13(18-15)12-11(7-6-9)10(2)14(16)17-12/h3-8,14,17H,9H2,1-2H3;5,11-13H,2,4,6-8H2,1,3H3. The average molecular weight is 533 g/mol. The Bertz CT molecular complexity index is 1330. The molecule has 0 radical (unpaired) electrons. The molecule has 4 aliphatic heterocycles. The van der Waals surface area contributed by atoms with Crippen LogP contribution in [0.15, 0.2) is 60.2 Å². The maximum absolute atomic E-state index is 11.7. The molecule has 4 heterocycles. The Hall–Kier alpha value is -3.45. The summed E-state index contributed by atoms with van der Waals surface area (Å²) >= 11 is 0. The first-order valence-electron chi connectivity index (χ1n) is 13.7. The molecule has 0 amide bonds. The number of ether oxygens (including phenoxy) is 6. The van der Waals surface area contributed by atoms with Gasteiger partial charge in [-0.15, -0.1) is 0 Å². The second kappa shape index (κ2) is 9.94. The van der Waals surface area contributed by atoms with Crippen LogP contribution in [0.1, 0.15) is 62.7 Å². The van der Waals surface area contributed by atoms with Gasteiger partial charge in [0.25, 0.3) is 0 Å². The summed E-state index contributed by atoms with van der Waals surface area (Å²) in [6.07, 6.45) is 6.26. The third-order valence-electron chi connectivity index (χ3n) is 8.76. The zero-order valence-corrected chi connectivity index (χ0v) is 23.0. The highest BCUT2D eigenvalue weighted by Gasteiger charge is 2.61. The smallest absolute Gasteiger partial charge is 0.334 e. The summed E-state index contributed by atoms with van der Waals surface area (Å²) in [5.74, 6) is 3.46. The molecule has 6 atom stereocenters. The van der Waals surface area contributed by atoms with E-state index in [1.807, 2.05) is 30.3 Å². The molecule has 206 valence electrons. The number of epoxide rings is 1. The van der Waals surface area contributed by atoms with E-state index in [0.717, 1.165) is 54.2 Å². The lowest BCUT2D eigenvalue weighted by atomic mass is 9.84. The molecule has 7 rings (SSSR count). The van der Waals surface area contributed by atoms with E-state index in [1.165, 1.54) is 11.1 Å². The van der Waals surface area contributed by atoms with Gasteiger partial charge in [0.2, 0.25) is 0 Å². The van der Waals surface area contributed by atoms with Gasteiger partial charge in [-0.25, -0.2) is 4.79 Å². The van der Waals surface area contributed by atoms with Crippen molar-refractivity contribution < 1.29 is 33.2 Å². The molecule has 1 aliphatic carbocycles. The van der Waals surface area contributed by atoms with Crippen molar-refractivity contribution in [2.45, 2.75) is 69.4 Å². The Balaban J connectivity index is 0.000000144. The minimum Gasteiger partial charge on any atom is -0.497 e. The number of methoxy groups -OCH3 is 2. The molecule has 0 aromatic heterocycles. The molecule has 7 nitrogen and oxygen atoms in total. The van der Waals surface area contributed by atoms with Gasteiger partial charge in [-0.1, -0.05) is 24.3 Å². The lowest BCUT2D eigenvalue weighted by molar-refractivity contribution is -0.140. The van der Waals surface area contributed by atoms with E-state index < -0.39 is 0 Å². The van der Waals surface area contributed by atoms with Crippen molar-refractivity contribution in [2.24, 2.45) is 5.92 Å². The molecule has 2 aromatic carbocycles. The van der Waals surface area contributed by atoms with Crippen molar-refractivity contribution in [3.8, 4) is 23.0 Å². The first kappa shape index (κ1) is 25.8. The van der Waals surface area contributed by atoms with Crippen LogP contribution in [-0.2, 0) is 14.3 Å². The molecule has 0 N–H and O–H groups in total. The molecular weight excluding hydrogens is 496 g/mol. The van der Waals surface area contributed by atoms with Gasteiger partial charge in [0.15, 0.2) is 0 Å². The molecule has 2 saturated heterocycles. The Labute approximate surface area is 229 Å². The summed E-state index contributed by atoms with van der Waals surface area (Å²) in [5, 5.41) is 0. The topological polar surface area (TPSA) is 75.8 Å². The maximum atomic E-state index is 11.7. The lowest BCUT2D eigenvalue weighted by Crippen LogP contribution is -2.28. The third kappa shape index (κ3) is 4.67. The van der Waals surface area contributed by atoms with E-state index in [1.54, 1.807) is 14.2 Å². The van der Waals surface area contributed by atoms with Crippen LogP contribution in [0.3, 0.4) is 0 Å². The summed E-state index contributed by atoms with van der Waals surface area (Å²) in [5.41, 5.74) is 4.17. The van der Waals surface area contributed by atoms with E-state index in [9.17, 15) is 4.79 Å². The summed E-state index contributed by atoms with van der Waals surface area (Å²) in [7, 11) is 3.32. The molecule has 0 spiro atoms. The second-order valence-electron chi connectivity index (χ2n) is 11.2. The fraction of sp³-hybridized carbons (Fsp3) is 0.469. The van der Waals surface area contributed by atoms with Crippen LogP contribution in [0.25, 0.3) is 0 Å². The van der Waals surface area contributed by atoms with Crippen LogP contribution in [0, 0.1) is 5.92 Å². The number of hydrogen-bond acceptors (Lipinski definition) is 7. The molecule has 5 aliphatic rings. The maximum Gasteiger partial charge on any atom is 0.334 e. The van der Waals surface area contributed by atoms with Crippen LogP contribution in [0.4, 0.5) is 0 Å². The quantitative estimate of drug-likeness (QED) is 0.201. The van der Waals surface area contributed by atoms with Gasteiger partial charge in [0.1, 0.15) is 41.3 Å². The van der Waals surface area contributed by atoms with Crippen molar-refractivity contribution >= 4 is 5.97 Å². The van der Waals surface area contributed by atoms with Crippen molar-refractivity contribution in [3.63, 3.8) is 0 Å². The Morgan fingerprint density at radius 2 is 1.69 bits per heavy atom. The lowest BCUT2D eigenvalue weighted by Gasteiger charge is -2.28. The van der Waals surface area contributed by atoms with E-state index in [4.69, 9.17) is 28.4 Å². The first-order chi connectivity index (χ1) is 18.8. The normalized spacial score (nSPS) is 31.7. The van der Waals surface area contributed by atoms with Gasteiger partial charge >= 0.3 is 5.97 Å². The summed E-state index contributed by atoms with van der Waals surface area (Å²) in [4.78, 5) is 11.7. The van der Waals surface area contributed by atoms with Crippen molar-refractivity contribution in [3.05, 3.63) is 71.3 Å². The molecule has 2 aromatic rings. The van der Waals surface area contributed by atoms with Crippen LogP contribution < -0.4 is 18.9 Å². The zero-order chi connectivity index (χ0) is 27.3. The van der Waals surface area contributed by atoms with E-state index in [2.05, 4.69) is 32.6 Å². The number of carbonyl (C=O) groups excluding carboxylic acids is 1. The van der Waals surface area contributed by atoms with Gasteiger partial charge < -0.3 is 28.4 Å². The number of allylic oxidation sites excluding steroid dienone is 2. The van der Waals surface area contributed by atoms with Gasteiger partial charge in [0, 0.05) is 34.8 Å². The number of hydrogen-bond donors (Lipinski definition) is 0. The van der Waals surface area contributed by atoms with Crippen LogP contribution in [0.5, 0.6) is 23.0 Å². The Morgan fingerprint density at radius 1 is 0.974 bits per heavy atom. The fourth-order valence-electron chi connectivity index (χ4n) is 6.28. The second-order valence-corrected chi connectivity index (χ2v) is 11.2. The van der Waals surface area contributed by atoms with Gasteiger partial charge in [-0.05, 0) is 57.7 Å². The molecular formula is C32H36O7. The number of rotatable bonds is 2. The molecule has 7 heteroatoms. The van der Waals surface area contributed by atoms with Crippen molar-refractivity contribution in [1.82, 2.24) is 0 Å². The molecule has 0 saturated carbocycles. The number of esters is 1. The van der Waals surface area contributed by atoms with Gasteiger partial charge in [-0.3, -0.25) is 0 Å². The summed E-state index contributed by atoms with van der Waals surface area (Å²) < 4.78 is 33.9. The fourth-order valence-corrected chi connectivity index (χ4v) is 6.28. The largest absolute Gasteiger partial charge is 0.497 e. The monoisotopic (exact) mass is 532 g/mol. The van der Waals surface area contributed by atoms with Gasteiger partial charge in [0.05, 0.1) is 32.3 Å². The van der Waals surface area contributed by atoms with Crippen LogP contribution in [-0.4, -0.2) is 44.6 Å².